The van der Waals surface area contributed by atoms with Gasteiger partial charge in [-0.15, -0.1) is 0 Å². The molecule has 0 fully saturated rings. The lowest BCUT2D eigenvalue weighted by molar-refractivity contribution is 0.452. The first-order chi connectivity index (χ1) is 8.06. The van der Waals surface area contributed by atoms with Gasteiger partial charge in [-0.3, -0.25) is 0 Å². The molecular weight excluding hydrogens is 224 g/mol. The van der Waals surface area contributed by atoms with Crippen molar-refractivity contribution in [2.75, 3.05) is 0 Å². The van der Waals surface area contributed by atoms with E-state index in [-0.39, 0.29) is 34.2 Å². The molecule has 0 aliphatic rings. The van der Waals surface area contributed by atoms with E-state index in [1.807, 2.05) is 0 Å². The molecule has 1 aromatic heterocycles. The number of hydrogen-bond acceptors (Lipinski definition) is 5. The molecule has 17 heavy (non-hydrogen) atoms. The van der Waals surface area contributed by atoms with E-state index in [0.717, 1.165) is 12.1 Å². The minimum absolute atomic E-state index is 0.141. The maximum absolute atomic E-state index is 9.74. The highest BCUT2D eigenvalue weighted by atomic mass is 16.3. The summed E-state index contributed by atoms with van der Waals surface area (Å²) in [6.07, 6.45) is 0. The summed E-state index contributed by atoms with van der Waals surface area (Å²) in [6, 6.07) is 4.96. The van der Waals surface area contributed by atoms with Gasteiger partial charge in [-0.05, 0) is 0 Å². The van der Waals surface area contributed by atoms with Gasteiger partial charge in [0.15, 0.2) is 0 Å². The predicted molar refractivity (Wildman–Crippen MR) is 60.4 cm³/mol. The maximum atomic E-state index is 9.74. The minimum Gasteiger partial charge on any atom is -0.508 e. The molecule has 0 radical (unpaired) electrons. The number of furan rings is 1. The average Bonchev–Trinajstić information content (AvgIpc) is 2.55. The third-order valence-electron chi connectivity index (χ3n) is 2.60. The van der Waals surface area contributed by atoms with Gasteiger partial charge in [-0.25, -0.2) is 0 Å². The minimum atomic E-state index is -0.195. The molecule has 0 aliphatic carbocycles. The number of hydrogen-bond donors (Lipinski definition) is 4. The van der Waals surface area contributed by atoms with E-state index in [2.05, 4.69) is 0 Å². The Morgan fingerprint density at radius 2 is 1.06 bits per heavy atom. The molecule has 1 heterocycles. The van der Waals surface area contributed by atoms with E-state index in [0.29, 0.717) is 10.8 Å². The molecule has 3 rings (SSSR count). The summed E-state index contributed by atoms with van der Waals surface area (Å²) >= 11 is 0. The van der Waals surface area contributed by atoms with E-state index in [4.69, 9.17) is 4.42 Å². The third-order valence-corrected chi connectivity index (χ3v) is 2.60. The highest BCUT2D eigenvalue weighted by Gasteiger charge is 2.16. The van der Waals surface area contributed by atoms with Crippen LogP contribution in [0.5, 0.6) is 23.0 Å². The van der Waals surface area contributed by atoms with Crippen molar-refractivity contribution in [3.05, 3.63) is 24.3 Å². The van der Waals surface area contributed by atoms with Gasteiger partial charge < -0.3 is 24.8 Å². The van der Waals surface area contributed by atoms with Crippen molar-refractivity contribution in [3.8, 4) is 23.0 Å². The Morgan fingerprint density at radius 1 is 0.647 bits per heavy atom. The molecule has 0 atom stereocenters. The summed E-state index contributed by atoms with van der Waals surface area (Å²) in [5, 5.41) is 38.7. The quantitative estimate of drug-likeness (QED) is 0.477. The monoisotopic (exact) mass is 232 g/mol. The van der Waals surface area contributed by atoms with Gasteiger partial charge >= 0.3 is 0 Å². The van der Waals surface area contributed by atoms with Crippen molar-refractivity contribution in [2.45, 2.75) is 0 Å². The normalized spacial score (nSPS) is 11.3. The van der Waals surface area contributed by atoms with E-state index in [1.165, 1.54) is 12.1 Å². The van der Waals surface area contributed by atoms with Crippen molar-refractivity contribution in [1.82, 2.24) is 0 Å². The number of phenols is 4. The van der Waals surface area contributed by atoms with Crippen LogP contribution in [0.1, 0.15) is 0 Å². The Hall–Kier alpha value is -2.56. The van der Waals surface area contributed by atoms with E-state index in [1.54, 1.807) is 0 Å². The van der Waals surface area contributed by atoms with Crippen molar-refractivity contribution >= 4 is 21.9 Å². The van der Waals surface area contributed by atoms with E-state index < -0.39 is 0 Å². The predicted octanol–water partition coefficient (Wildman–Crippen LogP) is 2.41. The Kier molecular flexibility index (Phi) is 1.69. The highest BCUT2D eigenvalue weighted by molar-refractivity contribution is 6.11. The molecule has 4 N–H and O–H groups in total. The van der Waals surface area contributed by atoms with Gasteiger partial charge in [0.2, 0.25) is 0 Å². The first-order valence-corrected chi connectivity index (χ1v) is 4.86. The topological polar surface area (TPSA) is 94.1 Å². The first kappa shape index (κ1) is 9.65. The van der Waals surface area contributed by atoms with Crippen LogP contribution in [0.25, 0.3) is 21.9 Å². The van der Waals surface area contributed by atoms with Gasteiger partial charge in [-0.2, -0.15) is 0 Å². The van der Waals surface area contributed by atoms with Crippen molar-refractivity contribution in [2.24, 2.45) is 0 Å². The van der Waals surface area contributed by atoms with Crippen LogP contribution in [0.15, 0.2) is 28.7 Å². The zero-order valence-corrected chi connectivity index (χ0v) is 8.51. The molecular formula is C12H8O5. The molecule has 0 amide bonds. The third kappa shape index (κ3) is 1.25. The fraction of sp³-hybridized carbons (Fsp3) is 0. The van der Waals surface area contributed by atoms with Gasteiger partial charge in [0, 0.05) is 24.3 Å². The van der Waals surface area contributed by atoms with E-state index >= 15 is 0 Å². The summed E-state index contributed by atoms with van der Waals surface area (Å²) < 4.78 is 5.34. The fourth-order valence-corrected chi connectivity index (χ4v) is 1.96. The van der Waals surface area contributed by atoms with Crippen molar-refractivity contribution in [1.29, 1.82) is 0 Å². The van der Waals surface area contributed by atoms with Crippen LogP contribution in [0, 0.1) is 0 Å². The summed E-state index contributed by atoms with van der Waals surface area (Å²) in [4.78, 5) is 0. The van der Waals surface area contributed by atoms with Crippen LogP contribution >= 0.6 is 0 Å². The lowest BCUT2D eigenvalue weighted by Crippen LogP contribution is -1.72. The average molecular weight is 232 g/mol. The van der Waals surface area contributed by atoms with Crippen LogP contribution in [0.2, 0.25) is 0 Å². The second-order valence-electron chi connectivity index (χ2n) is 3.78. The summed E-state index contributed by atoms with van der Waals surface area (Å²) in [5.74, 6) is -0.671. The molecule has 0 saturated heterocycles. The SMILES string of the molecule is Oc1cc(O)c2c(c1)oc1cc(O)cc(O)c12. The smallest absolute Gasteiger partial charge is 0.142 e. The van der Waals surface area contributed by atoms with Gasteiger partial charge in [0.25, 0.3) is 0 Å². The molecule has 0 bridgehead atoms. The molecule has 0 spiro atoms. The maximum Gasteiger partial charge on any atom is 0.142 e. The van der Waals surface area contributed by atoms with Gasteiger partial charge in [0.1, 0.15) is 34.2 Å². The molecule has 0 saturated carbocycles. The standard InChI is InChI=1S/C12H8O5/c13-5-1-7(15)11-9(3-5)17-10-4-6(14)2-8(16)12(10)11/h1-4,13-16H. The second kappa shape index (κ2) is 2.98. The van der Waals surface area contributed by atoms with Crippen LogP contribution < -0.4 is 0 Å². The molecule has 0 aliphatic heterocycles. The summed E-state index contributed by atoms with van der Waals surface area (Å²) in [7, 11) is 0. The summed E-state index contributed by atoms with van der Waals surface area (Å²) in [6.45, 7) is 0. The first-order valence-electron chi connectivity index (χ1n) is 4.86. The number of fused-ring (bicyclic) bond motifs is 3. The van der Waals surface area contributed by atoms with Crippen LogP contribution in [-0.2, 0) is 0 Å². The molecule has 5 nitrogen and oxygen atoms in total. The number of phenolic OH excluding ortho intramolecular Hbond substituents is 4. The Labute approximate surface area is 94.8 Å². The molecule has 86 valence electrons. The highest BCUT2D eigenvalue weighted by Crippen LogP contribution is 2.42. The molecule has 3 aromatic rings. The van der Waals surface area contributed by atoms with Crippen LogP contribution in [-0.4, -0.2) is 20.4 Å². The van der Waals surface area contributed by atoms with Gasteiger partial charge in [0.05, 0.1) is 10.8 Å². The number of benzene rings is 2. The Bertz CT molecular complexity index is 679. The van der Waals surface area contributed by atoms with Crippen LogP contribution in [0.4, 0.5) is 0 Å². The van der Waals surface area contributed by atoms with Crippen LogP contribution in [0.3, 0.4) is 0 Å². The van der Waals surface area contributed by atoms with E-state index in [9.17, 15) is 20.4 Å². The number of aromatic hydroxyl groups is 4. The molecule has 0 unspecified atom stereocenters. The lowest BCUT2D eigenvalue weighted by Gasteiger charge is -1.98. The second-order valence-corrected chi connectivity index (χ2v) is 3.78. The Balaban J connectivity index is 2.60. The van der Waals surface area contributed by atoms with Crippen molar-refractivity contribution < 1.29 is 24.8 Å². The number of rotatable bonds is 0. The Morgan fingerprint density at radius 3 is 1.47 bits per heavy atom. The molecule has 2 aromatic carbocycles. The molecule has 5 heteroatoms. The zero-order valence-electron chi connectivity index (χ0n) is 8.51. The lowest BCUT2D eigenvalue weighted by atomic mass is 10.1. The zero-order chi connectivity index (χ0) is 12.2. The van der Waals surface area contributed by atoms with Crippen molar-refractivity contribution in [3.63, 3.8) is 0 Å². The fourth-order valence-electron chi connectivity index (χ4n) is 1.96. The van der Waals surface area contributed by atoms with Gasteiger partial charge in [-0.1, -0.05) is 0 Å². The summed E-state index contributed by atoms with van der Waals surface area (Å²) in [5.41, 5.74) is 0.469. The largest absolute Gasteiger partial charge is 0.508 e.